The van der Waals surface area contributed by atoms with Crippen LogP contribution in [0.2, 0.25) is 0 Å². The molecule has 2 aromatic rings. The molecule has 0 spiro atoms. The predicted octanol–water partition coefficient (Wildman–Crippen LogP) is 2.90. The monoisotopic (exact) mass is 295 g/mol. The quantitative estimate of drug-likeness (QED) is 0.681. The zero-order valence-corrected chi connectivity index (χ0v) is 12.4. The van der Waals surface area contributed by atoms with Crippen molar-refractivity contribution in [3.63, 3.8) is 0 Å². The molecule has 0 saturated heterocycles. The number of allylic oxidation sites excluding steroid dienone is 1. The Labute approximate surface area is 128 Å². The summed E-state index contributed by atoms with van der Waals surface area (Å²) in [4.78, 5) is 20.8. The van der Waals surface area contributed by atoms with Crippen molar-refractivity contribution in [3.05, 3.63) is 59.7 Å². The van der Waals surface area contributed by atoms with E-state index < -0.39 is 0 Å². The van der Waals surface area contributed by atoms with E-state index in [9.17, 15) is 9.90 Å². The van der Waals surface area contributed by atoms with Gasteiger partial charge in [-0.05, 0) is 13.3 Å². The van der Waals surface area contributed by atoms with Crippen LogP contribution in [-0.4, -0.2) is 32.7 Å². The molecule has 5 heteroatoms. The molecule has 0 aliphatic heterocycles. The van der Waals surface area contributed by atoms with Gasteiger partial charge in [0.25, 0.3) is 0 Å². The summed E-state index contributed by atoms with van der Waals surface area (Å²) < 4.78 is 1.98. The second-order valence-electron chi connectivity index (χ2n) is 5.22. The number of hydrogen-bond donors (Lipinski definition) is 1. The maximum Gasteiger partial charge on any atom is 0.199 e. The minimum absolute atomic E-state index is 0.0384. The molecule has 112 valence electrons. The van der Waals surface area contributed by atoms with E-state index in [0.717, 1.165) is 13.0 Å². The molecule has 0 saturated carbocycles. The summed E-state index contributed by atoms with van der Waals surface area (Å²) in [5.41, 5.74) is 2.05. The first-order chi connectivity index (χ1) is 10.7. The number of hydrogen-bond acceptors (Lipinski definition) is 4. The average Bonchev–Trinajstić information content (AvgIpc) is 3.12. The van der Waals surface area contributed by atoms with Gasteiger partial charge in [-0.2, -0.15) is 0 Å². The first-order valence-corrected chi connectivity index (χ1v) is 7.23. The number of imidazole rings is 1. The number of aliphatic imine (C=N–C) groups is 1. The normalized spacial score (nSPS) is 14.6. The molecule has 0 radical (unpaired) electrons. The van der Waals surface area contributed by atoms with Gasteiger partial charge in [-0.3, -0.25) is 9.79 Å². The Hall–Kier alpha value is -2.69. The Kier molecular flexibility index (Phi) is 3.87. The number of aliphatic hydroxyl groups is 1. The molecule has 0 unspecified atom stereocenters. The minimum Gasteiger partial charge on any atom is -0.506 e. The maximum absolute atomic E-state index is 12.4. The molecule has 22 heavy (non-hydrogen) atoms. The standard InChI is InChI=1S/C17H17N3O2/c1-12(19-7-4-9-20-10-8-18-11-20)15-16(21)13-5-2-3-6-14(13)17(15)22/h2-3,5-6,8,10-11,21H,4,7,9H2,1H3. The predicted molar refractivity (Wildman–Crippen MR) is 85.1 cm³/mol. The summed E-state index contributed by atoms with van der Waals surface area (Å²) in [6.07, 6.45) is 6.26. The highest BCUT2D eigenvalue weighted by Crippen LogP contribution is 2.31. The number of nitrogens with zero attached hydrogens (tertiary/aromatic N) is 3. The van der Waals surface area contributed by atoms with E-state index >= 15 is 0 Å². The van der Waals surface area contributed by atoms with Crippen LogP contribution >= 0.6 is 0 Å². The van der Waals surface area contributed by atoms with Crippen LogP contribution in [0.4, 0.5) is 0 Å². The van der Waals surface area contributed by atoms with Crippen molar-refractivity contribution in [2.45, 2.75) is 19.9 Å². The van der Waals surface area contributed by atoms with E-state index in [1.165, 1.54) is 0 Å². The van der Waals surface area contributed by atoms with Gasteiger partial charge in [0.1, 0.15) is 5.76 Å². The van der Waals surface area contributed by atoms with Crippen molar-refractivity contribution in [1.29, 1.82) is 0 Å². The molecule has 1 N–H and O–H groups in total. The third-order valence-corrected chi connectivity index (χ3v) is 3.74. The number of ketones is 1. The molecule has 1 aliphatic rings. The highest BCUT2D eigenvalue weighted by Gasteiger charge is 2.30. The average molecular weight is 295 g/mol. The highest BCUT2D eigenvalue weighted by molar-refractivity contribution is 6.35. The van der Waals surface area contributed by atoms with Crippen molar-refractivity contribution in [2.75, 3.05) is 6.54 Å². The fourth-order valence-electron chi connectivity index (χ4n) is 2.60. The van der Waals surface area contributed by atoms with Crippen LogP contribution in [0.25, 0.3) is 5.76 Å². The zero-order chi connectivity index (χ0) is 15.5. The lowest BCUT2D eigenvalue weighted by molar-refractivity contribution is 0.104. The van der Waals surface area contributed by atoms with E-state index in [2.05, 4.69) is 9.98 Å². The van der Waals surface area contributed by atoms with Crippen LogP contribution < -0.4 is 0 Å². The van der Waals surface area contributed by atoms with Crippen LogP contribution in [0.3, 0.4) is 0 Å². The number of aliphatic hydroxyl groups excluding tert-OH is 1. The molecule has 0 atom stereocenters. The molecule has 1 aromatic heterocycles. The summed E-state index contributed by atoms with van der Waals surface area (Å²) in [5, 5.41) is 10.3. The van der Waals surface area contributed by atoms with Crippen LogP contribution in [0.15, 0.2) is 53.6 Å². The lowest BCUT2D eigenvalue weighted by Gasteiger charge is -2.03. The molecule has 1 aromatic carbocycles. The Morgan fingerprint density at radius 2 is 2.09 bits per heavy atom. The number of aryl methyl sites for hydroxylation is 1. The van der Waals surface area contributed by atoms with Gasteiger partial charge in [0.05, 0.1) is 11.9 Å². The molecule has 0 amide bonds. The van der Waals surface area contributed by atoms with Crippen LogP contribution in [-0.2, 0) is 6.54 Å². The maximum atomic E-state index is 12.4. The third kappa shape index (κ3) is 2.57. The number of carbonyl (C=O) groups is 1. The molecule has 1 aliphatic carbocycles. The molecule has 0 bridgehead atoms. The Morgan fingerprint density at radius 3 is 2.77 bits per heavy atom. The zero-order valence-electron chi connectivity index (χ0n) is 12.4. The van der Waals surface area contributed by atoms with E-state index in [1.54, 1.807) is 37.6 Å². The molecular formula is C17H17N3O2. The van der Waals surface area contributed by atoms with E-state index in [-0.39, 0.29) is 11.5 Å². The SMILES string of the molecule is CC(=NCCCn1ccnc1)C1=C(O)c2ccccc2C1=O. The van der Waals surface area contributed by atoms with Gasteiger partial charge >= 0.3 is 0 Å². The van der Waals surface area contributed by atoms with Crippen molar-refractivity contribution in [2.24, 2.45) is 4.99 Å². The molecule has 5 nitrogen and oxygen atoms in total. The lowest BCUT2D eigenvalue weighted by Crippen LogP contribution is -2.08. The number of carbonyl (C=O) groups excluding carboxylic acids is 1. The minimum atomic E-state index is -0.149. The van der Waals surface area contributed by atoms with Crippen molar-refractivity contribution < 1.29 is 9.90 Å². The van der Waals surface area contributed by atoms with Crippen molar-refractivity contribution >= 4 is 17.3 Å². The summed E-state index contributed by atoms with van der Waals surface area (Å²) in [6, 6.07) is 7.09. The lowest BCUT2D eigenvalue weighted by atomic mass is 10.1. The first kappa shape index (κ1) is 14.3. The summed E-state index contributed by atoms with van der Waals surface area (Å²) in [7, 11) is 0. The largest absolute Gasteiger partial charge is 0.506 e. The molecule has 3 rings (SSSR count). The second kappa shape index (κ2) is 5.97. The second-order valence-corrected chi connectivity index (χ2v) is 5.22. The highest BCUT2D eigenvalue weighted by atomic mass is 16.3. The summed E-state index contributed by atoms with van der Waals surface area (Å²) in [6.45, 7) is 3.20. The van der Waals surface area contributed by atoms with Gasteiger partial charge < -0.3 is 9.67 Å². The van der Waals surface area contributed by atoms with Gasteiger partial charge in [-0.1, -0.05) is 24.3 Å². The van der Waals surface area contributed by atoms with Gasteiger partial charge in [0, 0.05) is 42.3 Å². The van der Waals surface area contributed by atoms with Crippen LogP contribution in [0, 0.1) is 0 Å². The molecule has 0 fully saturated rings. The Bertz CT molecular complexity index is 758. The topological polar surface area (TPSA) is 67.5 Å². The van der Waals surface area contributed by atoms with Crippen molar-refractivity contribution in [1.82, 2.24) is 9.55 Å². The van der Waals surface area contributed by atoms with E-state index in [4.69, 9.17) is 0 Å². The van der Waals surface area contributed by atoms with Crippen LogP contribution in [0.1, 0.15) is 29.3 Å². The fourth-order valence-corrected chi connectivity index (χ4v) is 2.60. The fraction of sp³-hybridized carbons (Fsp3) is 0.235. The number of Topliss-reactive ketones (excluding diaryl/α,β-unsaturated/α-hetero) is 1. The first-order valence-electron chi connectivity index (χ1n) is 7.23. The number of aromatic nitrogens is 2. The van der Waals surface area contributed by atoms with E-state index in [0.29, 0.717) is 29.0 Å². The Morgan fingerprint density at radius 1 is 1.32 bits per heavy atom. The number of fused-ring (bicyclic) bond motifs is 1. The number of rotatable bonds is 5. The van der Waals surface area contributed by atoms with Gasteiger partial charge in [-0.25, -0.2) is 4.98 Å². The van der Waals surface area contributed by atoms with Gasteiger partial charge in [-0.15, -0.1) is 0 Å². The van der Waals surface area contributed by atoms with Gasteiger partial charge in [0.2, 0.25) is 0 Å². The van der Waals surface area contributed by atoms with Gasteiger partial charge in [0.15, 0.2) is 5.78 Å². The summed E-state index contributed by atoms with van der Waals surface area (Å²) >= 11 is 0. The smallest absolute Gasteiger partial charge is 0.199 e. The Balaban J connectivity index is 1.70. The van der Waals surface area contributed by atoms with Crippen molar-refractivity contribution in [3.8, 4) is 0 Å². The molecular weight excluding hydrogens is 278 g/mol. The third-order valence-electron chi connectivity index (χ3n) is 3.74. The molecule has 1 heterocycles. The van der Waals surface area contributed by atoms with E-state index in [1.807, 2.05) is 16.8 Å². The number of benzene rings is 1. The van der Waals surface area contributed by atoms with Crippen LogP contribution in [0.5, 0.6) is 0 Å². The summed E-state index contributed by atoms with van der Waals surface area (Å²) in [5.74, 6) is -0.111.